The highest BCUT2D eigenvalue weighted by atomic mass is 79.9. The lowest BCUT2D eigenvalue weighted by Gasteiger charge is -2.14. The van der Waals surface area contributed by atoms with Gasteiger partial charge in [0.1, 0.15) is 12.3 Å². The largest absolute Gasteiger partial charge is 0.496 e. The summed E-state index contributed by atoms with van der Waals surface area (Å²) in [5.74, 6) is 1.19. The Bertz CT molecular complexity index is 664. The molecule has 0 bridgehead atoms. The van der Waals surface area contributed by atoms with Gasteiger partial charge in [0, 0.05) is 16.1 Å². The molecule has 2 aromatic rings. The molecule has 0 spiro atoms. The third kappa shape index (κ3) is 3.49. The summed E-state index contributed by atoms with van der Waals surface area (Å²) < 4.78 is 6.25. The number of aromatic amines is 1. The van der Waals surface area contributed by atoms with Crippen LogP contribution in [0.25, 0.3) is 0 Å². The van der Waals surface area contributed by atoms with E-state index in [1.807, 2.05) is 18.2 Å². The Kier molecular flexibility index (Phi) is 4.74. The number of nitrogens with zero attached hydrogens (tertiary/aromatic N) is 2. The van der Waals surface area contributed by atoms with Crippen LogP contribution in [0.15, 0.2) is 41.0 Å². The average Bonchev–Trinajstić information content (AvgIpc) is 2.47. The van der Waals surface area contributed by atoms with E-state index < -0.39 is 4.92 Å². The van der Waals surface area contributed by atoms with Crippen molar-refractivity contribution in [1.82, 2.24) is 0 Å². The summed E-state index contributed by atoms with van der Waals surface area (Å²) >= 11 is 3.42. The molecule has 1 N–H and O–H groups in total. The van der Waals surface area contributed by atoms with Gasteiger partial charge in [0.25, 0.3) is 0 Å². The Labute approximate surface area is 130 Å². The molecule has 1 heterocycles. The molecule has 21 heavy (non-hydrogen) atoms. The normalized spacial score (nSPS) is 10.2. The van der Waals surface area contributed by atoms with Gasteiger partial charge < -0.3 is 4.74 Å². The van der Waals surface area contributed by atoms with Gasteiger partial charge in [-0.3, -0.25) is 15.0 Å². The standard InChI is InChI=1S/C14H14BrN3O3/c1-17(14-12(18(19)20)4-3-7-16-14)9-10-8-11(15)5-6-13(10)21-2/h3-8H,9H2,1-2H3/p+1. The number of nitrogens with one attached hydrogen (secondary N) is 1. The first-order valence-corrected chi connectivity index (χ1v) is 7.01. The molecule has 1 aromatic heterocycles. The van der Waals surface area contributed by atoms with Gasteiger partial charge in [-0.05, 0) is 24.3 Å². The van der Waals surface area contributed by atoms with Gasteiger partial charge >= 0.3 is 11.5 Å². The fourth-order valence-corrected chi connectivity index (χ4v) is 2.49. The number of anilines is 1. The van der Waals surface area contributed by atoms with Crippen molar-refractivity contribution >= 4 is 27.4 Å². The summed E-state index contributed by atoms with van der Waals surface area (Å²) in [4.78, 5) is 15.4. The van der Waals surface area contributed by atoms with Crippen LogP contribution in [0.1, 0.15) is 5.56 Å². The number of ether oxygens (including phenoxy) is 1. The summed E-state index contributed by atoms with van der Waals surface area (Å²) in [5, 5.41) is 11.1. The van der Waals surface area contributed by atoms with Gasteiger partial charge in [-0.1, -0.05) is 15.9 Å². The molecule has 0 saturated carbocycles. The van der Waals surface area contributed by atoms with Crippen LogP contribution in [-0.4, -0.2) is 19.1 Å². The number of rotatable bonds is 5. The summed E-state index contributed by atoms with van der Waals surface area (Å²) in [5.41, 5.74) is 0.967. The Hall–Kier alpha value is -2.15. The topological polar surface area (TPSA) is 69.8 Å². The summed E-state index contributed by atoms with van der Waals surface area (Å²) in [6.07, 6.45) is 1.66. The van der Waals surface area contributed by atoms with Gasteiger partial charge in [0.15, 0.2) is 0 Å². The lowest BCUT2D eigenvalue weighted by molar-refractivity contribution is -0.411. The van der Waals surface area contributed by atoms with Crippen LogP contribution < -0.4 is 14.6 Å². The molecule has 0 unspecified atom stereocenters. The second kappa shape index (κ2) is 6.53. The Morgan fingerprint density at radius 3 is 2.86 bits per heavy atom. The minimum Gasteiger partial charge on any atom is -0.496 e. The quantitative estimate of drug-likeness (QED) is 0.612. The van der Waals surface area contributed by atoms with Crippen molar-refractivity contribution in [3.8, 4) is 5.75 Å². The summed E-state index contributed by atoms with van der Waals surface area (Å²) in [6.45, 7) is 0.476. The van der Waals surface area contributed by atoms with Crippen LogP contribution >= 0.6 is 15.9 Å². The van der Waals surface area contributed by atoms with Crippen molar-refractivity contribution in [2.75, 3.05) is 19.1 Å². The van der Waals surface area contributed by atoms with Gasteiger partial charge in [-0.2, -0.15) is 0 Å². The third-order valence-electron chi connectivity index (χ3n) is 3.04. The SMILES string of the molecule is COc1ccc(Br)cc1CN(C)c1[nH+]cccc1[N+](=O)[O-]. The van der Waals surface area contributed by atoms with Crippen LogP contribution in [0.4, 0.5) is 11.5 Å². The number of benzene rings is 1. The van der Waals surface area contributed by atoms with Crippen LogP contribution in [0.2, 0.25) is 0 Å². The average molecular weight is 353 g/mol. The van der Waals surface area contributed by atoms with Gasteiger partial charge in [0.2, 0.25) is 0 Å². The molecular weight excluding hydrogens is 338 g/mol. The molecule has 110 valence electrons. The van der Waals surface area contributed by atoms with Crippen molar-refractivity contribution in [1.29, 1.82) is 0 Å². The predicted molar refractivity (Wildman–Crippen MR) is 82.5 cm³/mol. The van der Waals surface area contributed by atoms with E-state index in [0.29, 0.717) is 12.4 Å². The van der Waals surface area contributed by atoms with E-state index >= 15 is 0 Å². The highest BCUT2D eigenvalue weighted by Gasteiger charge is 2.25. The van der Waals surface area contributed by atoms with Crippen molar-refractivity contribution in [3.05, 3.63) is 56.7 Å². The van der Waals surface area contributed by atoms with E-state index in [9.17, 15) is 10.1 Å². The molecule has 0 aliphatic heterocycles. The molecule has 0 atom stereocenters. The van der Waals surface area contributed by atoms with E-state index in [1.54, 1.807) is 31.3 Å². The molecule has 2 rings (SSSR count). The number of hydrogen-bond donors (Lipinski definition) is 0. The first-order chi connectivity index (χ1) is 10.0. The number of hydrogen-bond acceptors (Lipinski definition) is 4. The van der Waals surface area contributed by atoms with Crippen LogP contribution in [0.3, 0.4) is 0 Å². The summed E-state index contributed by atoms with van der Waals surface area (Å²) in [7, 11) is 3.39. The molecule has 0 fully saturated rings. The number of nitro groups is 1. The zero-order chi connectivity index (χ0) is 15.4. The molecule has 0 aliphatic rings. The molecule has 0 aliphatic carbocycles. The van der Waals surface area contributed by atoms with Crippen LogP contribution in [-0.2, 0) is 6.54 Å². The van der Waals surface area contributed by atoms with Crippen LogP contribution in [0.5, 0.6) is 5.75 Å². The second-order valence-electron chi connectivity index (χ2n) is 4.47. The van der Waals surface area contributed by atoms with Crippen molar-refractivity contribution in [2.45, 2.75) is 6.54 Å². The van der Waals surface area contributed by atoms with Crippen LogP contribution in [0, 0.1) is 10.1 Å². The summed E-state index contributed by atoms with van der Waals surface area (Å²) in [6, 6.07) is 8.76. The maximum Gasteiger partial charge on any atom is 0.357 e. The number of halogens is 1. The molecule has 7 heteroatoms. The first kappa shape index (κ1) is 15.2. The molecule has 6 nitrogen and oxygen atoms in total. The zero-order valence-corrected chi connectivity index (χ0v) is 13.3. The van der Waals surface area contributed by atoms with Crippen molar-refractivity contribution in [3.63, 3.8) is 0 Å². The van der Waals surface area contributed by atoms with Gasteiger partial charge in [0.05, 0.1) is 25.3 Å². The highest BCUT2D eigenvalue weighted by Crippen LogP contribution is 2.27. The fraction of sp³-hybridized carbons (Fsp3) is 0.214. The van der Waals surface area contributed by atoms with Crippen molar-refractivity contribution in [2.24, 2.45) is 0 Å². The Balaban J connectivity index is 2.32. The molecule has 0 radical (unpaired) electrons. The number of pyridine rings is 1. The van der Waals surface area contributed by atoms with E-state index in [0.717, 1.165) is 15.8 Å². The van der Waals surface area contributed by atoms with E-state index in [-0.39, 0.29) is 5.69 Å². The predicted octanol–water partition coefficient (Wildman–Crippen LogP) is 2.82. The van der Waals surface area contributed by atoms with E-state index in [1.165, 1.54) is 6.07 Å². The zero-order valence-electron chi connectivity index (χ0n) is 11.7. The van der Waals surface area contributed by atoms with E-state index in [2.05, 4.69) is 20.9 Å². The number of aromatic nitrogens is 1. The lowest BCUT2D eigenvalue weighted by atomic mass is 10.2. The minimum absolute atomic E-state index is 0.0361. The first-order valence-electron chi connectivity index (χ1n) is 6.21. The molecule has 0 saturated heterocycles. The second-order valence-corrected chi connectivity index (χ2v) is 5.39. The molecular formula is C14H15BrN3O3+. The molecule has 1 aromatic carbocycles. The Morgan fingerprint density at radius 1 is 1.43 bits per heavy atom. The highest BCUT2D eigenvalue weighted by molar-refractivity contribution is 9.10. The minimum atomic E-state index is -0.402. The maximum atomic E-state index is 11.1. The molecule has 0 amide bonds. The Morgan fingerprint density at radius 2 is 2.19 bits per heavy atom. The monoisotopic (exact) mass is 352 g/mol. The van der Waals surface area contributed by atoms with Gasteiger partial charge in [-0.15, -0.1) is 0 Å². The smallest absolute Gasteiger partial charge is 0.357 e. The lowest BCUT2D eigenvalue weighted by Crippen LogP contribution is -2.25. The van der Waals surface area contributed by atoms with Crippen molar-refractivity contribution < 1.29 is 14.6 Å². The van der Waals surface area contributed by atoms with E-state index in [4.69, 9.17) is 4.74 Å². The number of methoxy groups -OCH3 is 1. The maximum absolute atomic E-state index is 11.1. The third-order valence-corrected chi connectivity index (χ3v) is 3.53. The fourth-order valence-electron chi connectivity index (χ4n) is 2.08. The van der Waals surface area contributed by atoms with Gasteiger partial charge in [-0.25, -0.2) is 4.98 Å². The number of H-pyrrole nitrogens is 1.